The molecular weight excluding hydrogens is 351 g/mol. The molecule has 0 fully saturated rings. The molecule has 25 heavy (non-hydrogen) atoms. The lowest BCUT2D eigenvalue weighted by atomic mass is 10.1. The number of rotatable bonds is 7. The number of alkyl halides is 5. The zero-order chi connectivity index (χ0) is 19.2. The summed E-state index contributed by atoms with van der Waals surface area (Å²) < 4.78 is 67.7. The molecule has 0 radical (unpaired) electrons. The quantitative estimate of drug-likeness (QED) is 0.596. The Labute approximate surface area is 140 Å². The Bertz CT molecular complexity index is 647. The average molecular weight is 366 g/mol. The van der Waals surface area contributed by atoms with Gasteiger partial charge in [0.1, 0.15) is 12.4 Å². The van der Waals surface area contributed by atoms with Crippen LogP contribution in [0.15, 0.2) is 30.9 Å². The molecule has 0 heterocycles. The van der Waals surface area contributed by atoms with Crippen molar-refractivity contribution in [1.82, 2.24) is 4.90 Å². The molecule has 0 bridgehead atoms. The fraction of sp³-hybridized carbons (Fsp3) is 0.333. The van der Waals surface area contributed by atoms with E-state index >= 15 is 0 Å². The van der Waals surface area contributed by atoms with Crippen molar-refractivity contribution in [2.75, 3.05) is 25.5 Å². The van der Waals surface area contributed by atoms with E-state index in [0.29, 0.717) is 6.07 Å². The van der Waals surface area contributed by atoms with Gasteiger partial charge in [-0.15, -0.1) is 0 Å². The maximum atomic E-state index is 13.0. The smallest absolute Gasteiger partial charge is 0.420 e. The van der Waals surface area contributed by atoms with Crippen molar-refractivity contribution < 1.29 is 36.3 Å². The van der Waals surface area contributed by atoms with Crippen molar-refractivity contribution in [3.05, 3.63) is 36.4 Å². The molecular formula is C15H15F5N2O3. The summed E-state index contributed by atoms with van der Waals surface area (Å²) in [5.74, 6) is -2.06. The number of amides is 2. The maximum Gasteiger partial charge on any atom is 0.420 e. The highest BCUT2D eigenvalue weighted by Gasteiger charge is 2.35. The topological polar surface area (TPSA) is 58.6 Å². The zero-order valence-corrected chi connectivity index (χ0v) is 13.1. The summed E-state index contributed by atoms with van der Waals surface area (Å²) in [6, 6.07) is 2.47. The Morgan fingerprint density at radius 1 is 1.36 bits per heavy atom. The number of hydrogen-bond donors (Lipinski definition) is 1. The van der Waals surface area contributed by atoms with Gasteiger partial charge >= 0.3 is 6.18 Å². The molecule has 1 rings (SSSR count). The van der Waals surface area contributed by atoms with Gasteiger partial charge in [-0.3, -0.25) is 9.59 Å². The van der Waals surface area contributed by atoms with Gasteiger partial charge in [-0.2, -0.15) is 13.2 Å². The van der Waals surface area contributed by atoms with Gasteiger partial charge in [-0.25, -0.2) is 8.78 Å². The van der Waals surface area contributed by atoms with Crippen LogP contribution >= 0.6 is 0 Å². The second-order valence-corrected chi connectivity index (χ2v) is 4.86. The van der Waals surface area contributed by atoms with Crippen molar-refractivity contribution >= 4 is 17.5 Å². The van der Waals surface area contributed by atoms with E-state index in [9.17, 15) is 31.5 Å². The van der Waals surface area contributed by atoms with Crippen LogP contribution in [0.1, 0.15) is 5.56 Å². The van der Waals surface area contributed by atoms with Crippen LogP contribution in [-0.4, -0.2) is 43.3 Å². The predicted octanol–water partition coefficient (Wildman–Crippen LogP) is 2.93. The summed E-state index contributed by atoms with van der Waals surface area (Å²) in [5, 5.41) is 2.19. The molecule has 0 aliphatic rings. The highest BCUT2D eigenvalue weighted by molar-refractivity contribution is 5.96. The second-order valence-electron chi connectivity index (χ2n) is 4.86. The van der Waals surface area contributed by atoms with E-state index in [1.807, 2.05) is 0 Å². The summed E-state index contributed by atoms with van der Waals surface area (Å²) >= 11 is 0. The Morgan fingerprint density at radius 3 is 2.52 bits per heavy atom. The molecule has 1 aromatic carbocycles. The fourth-order valence-corrected chi connectivity index (χ4v) is 1.76. The maximum absolute atomic E-state index is 13.0. The number of hydrogen-bond acceptors (Lipinski definition) is 3. The van der Waals surface area contributed by atoms with Gasteiger partial charge in [-0.1, -0.05) is 6.58 Å². The van der Waals surface area contributed by atoms with Gasteiger partial charge in [0.05, 0.1) is 12.1 Å². The third-order valence-electron chi connectivity index (χ3n) is 2.87. The Hall–Kier alpha value is -2.65. The number of anilines is 1. The number of halogens is 5. The molecule has 0 aliphatic carbocycles. The van der Waals surface area contributed by atoms with Crippen molar-refractivity contribution in [2.45, 2.75) is 12.6 Å². The van der Waals surface area contributed by atoms with Gasteiger partial charge in [0.25, 0.3) is 6.43 Å². The summed E-state index contributed by atoms with van der Waals surface area (Å²) in [6.45, 7) is 1.64. The molecule has 2 amide bonds. The molecule has 1 N–H and O–H groups in total. The fourth-order valence-electron chi connectivity index (χ4n) is 1.76. The first-order valence-electron chi connectivity index (χ1n) is 6.84. The Morgan fingerprint density at radius 2 is 2.00 bits per heavy atom. The molecule has 0 atom stereocenters. The Balaban J connectivity index is 2.93. The van der Waals surface area contributed by atoms with Crippen LogP contribution in [0, 0.1) is 0 Å². The third kappa shape index (κ3) is 6.40. The number of benzene rings is 1. The summed E-state index contributed by atoms with van der Waals surface area (Å²) in [5.41, 5.74) is -1.53. The summed E-state index contributed by atoms with van der Waals surface area (Å²) in [7, 11) is 1.31. The largest absolute Gasteiger partial charge is 0.487 e. The van der Waals surface area contributed by atoms with E-state index in [1.54, 1.807) is 0 Å². The minimum Gasteiger partial charge on any atom is -0.487 e. The van der Waals surface area contributed by atoms with E-state index in [0.717, 1.165) is 23.1 Å². The first-order chi connectivity index (χ1) is 11.5. The molecule has 138 valence electrons. The van der Waals surface area contributed by atoms with Crippen LogP contribution in [-0.2, 0) is 15.8 Å². The number of carbonyl (C=O) groups excluding carboxylic acids is 2. The number of nitrogens with zero attached hydrogens (tertiary/aromatic N) is 1. The highest BCUT2D eigenvalue weighted by atomic mass is 19.4. The van der Waals surface area contributed by atoms with Crippen LogP contribution in [0.3, 0.4) is 0 Å². The SMILES string of the molecule is C=CC(=O)N(C)CC(=O)Nc1ccc(OCC(F)F)c(C(F)(F)F)c1. The molecule has 0 unspecified atom stereocenters. The van der Waals surface area contributed by atoms with Crippen LogP contribution in [0.25, 0.3) is 0 Å². The van der Waals surface area contributed by atoms with E-state index in [4.69, 9.17) is 0 Å². The van der Waals surface area contributed by atoms with Crippen molar-refractivity contribution in [3.63, 3.8) is 0 Å². The summed E-state index contributed by atoms with van der Waals surface area (Å²) in [4.78, 5) is 24.0. The van der Waals surface area contributed by atoms with Gasteiger partial charge in [0.15, 0.2) is 0 Å². The number of ether oxygens (including phenoxy) is 1. The molecule has 0 aromatic heterocycles. The standard InChI is InChI=1S/C15H15F5N2O3/c1-3-14(24)22(2)7-13(23)21-9-4-5-11(25-8-12(16)17)10(6-9)15(18,19)20/h3-6,12H,1,7-8H2,2H3,(H,21,23). The monoisotopic (exact) mass is 366 g/mol. The normalized spacial score (nSPS) is 11.2. The first-order valence-corrected chi connectivity index (χ1v) is 6.84. The lowest BCUT2D eigenvalue weighted by molar-refractivity contribution is -0.139. The van der Waals surface area contributed by atoms with Crippen LogP contribution in [0.4, 0.5) is 27.6 Å². The lowest BCUT2D eigenvalue weighted by Gasteiger charge is -2.17. The van der Waals surface area contributed by atoms with E-state index in [2.05, 4.69) is 16.6 Å². The molecule has 0 saturated carbocycles. The molecule has 0 aliphatic heterocycles. The minimum absolute atomic E-state index is 0.221. The first kappa shape index (κ1) is 20.4. The predicted molar refractivity (Wildman–Crippen MR) is 79.4 cm³/mol. The van der Waals surface area contributed by atoms with Gasteiger partial charge in [0.2, 0.25) is 11.8 Å². The van der Waals surface area contributed by atoms with Crippen LogP contribution in [0.2, 0.25) is 0 Å². The van der Waals surface area contributed by atoms with E-state index < -0.39 is 48.9 Å². The molecule has 0 saturated heterocycles. The molecule has 10 heteroatoms. The average Bonchev–Trinajstić information content (AvgIpc) is 2.51. The van der Waals surface area contributed by atoms with Crippen LogP contribution < -0.4 is 10.1 Å². The second kappa shape index (κ2) is 8.45. The molecule has 1 aromatic rings. The van der Waals surface area contributed by atoms with E-state index in [-0.39, 0.29) is 5.69 Å². The summed E-state index contributed by atoms with van der Waals surface area (Å²) in [6.07, 6.45) is -6.82. The van der Waals surface area contributed by atoms with Gasteiger partial charge < -0.3 is 15.0 Å². The zero-order valence-electron chi connectivity index (χ0n) is 13.1. The van der Waals surface area contributed by atoms with Gasteiger partial charge in [0, 0.05) is 12.7 Å². The third-order valence-corrected chi connectivity index (χ3v) is 2.87. The minimum atomic E-state index is -4.87. The molecule has 5 nitrogen and oxygen atoms in total. The van der Waals surface area contributed by atoms with Gasteiger partial charge in [-0.05, 0) is 24.3 Å². The van der Waals surface area contributed by atoms with Crippen LogP contribution in [0.5, 0.6) is 5.75 Å². The van der Waals surface area contributed by atoms with Crippen molar-refractivity contribution in [2.24, 2.45) is 0 Å². The number of nitrogens with one attached hydrogen (secondary N) is 1. The van der Waals surface area contributed by atoms with E-state index in [1.165, 1.54) is 7.05 Å². The highest BCUT2D eigenvalue weighted by Crippen LogP contribution is 2.38. The number of carbonyl (C=O) groups is 2. The lowest BCUT2D eigenvalue weighted by Crippen LogP contribution is -2.33. The molecule has 0 spiro atoms. The Kier molecular flexibility index (Phi) is 6.89. The number of likely N-dealkylation sites (N-methyl/N-ethyl adjacent to an activating group) is 1. The van der Waals surface area contributed by atoms with Crippen molar-refractivity contribution in [3.8, 4) is 5.75 Å². The van der Waals surface area contributed by atoms with Crippen molar-refractivity contribution in [1.29, 1.82) is 0 Å².